The molecule has 0 saturated carbocycles. The first-order valence-electron chi connectivity index (χ1n) is 5.45. The van der Waals surface area contributed by atoms with Crippen LogP contribution >= 0.6 is 0 Å². The second kappa shape index (κ2) is 3.69. The van der Waals surface area contributed by atoms with Gasteiger partial charge in [0.15, 0.2) is 11.5 Å². The number of hydrogen-bond acceptors (Lipinski definition) is 4. The number of aryl methyl sites for hydroxylation is 1. The van der Waals surface area contributed by atoms with Gasteiger partial charge in [-0.2, -0.15) is 10.1 Å². The monoisotopic (exact) mass is 241 g/mol. The summed E-state index contributed by atoms with van der Waals surface area (Å²) in [5.74, 6) is 0.357. The summed E-state index contributed by atoms with van der Waals surface area (Å²) in [6.45, 7) is 0. The Bertz CT molecular complexity index is 772. The van der Waals surface area contributed by atoms with Crippen LogP contribution in [0.5, 0.6) is 0 Å². The van der Waals surface area contributed by atoms with Crippen LogP contribution in [0.1, 0.15) is 0 Å². The molecule has 0 unspecified atom stereocenters. The Morgan fingerprint density at radius 1 is 1.28 bits per heavy atom. The molecule has 0 aliphatic carbocycles. The molecule has 0 radical (unpaired) electrons. The summed E-state index contributed by atoms with van der Waals surface area (Å²) >= 11 is 0. The normalized spacial score (nSPS) is 10.9. The molecule has 2 aromatic heterocycles. The molecule has 6 heteroatoms. The molecule has 6 nitrogen and oxygen atoms in total. The third-order valence-corrected chi connectivity index (χ3v) is 2.80. The van der Waals surface area contributed by atoms with Crippen LogP contribution in [0.2, 0.25) is 0 Å². The third kappa shape index (κ3) is 1.46. The van der Waals surface area contributed by atoms with Crippen molar-refractivity contribution in [2.45, 2.75) is 0 Å². The fourth-order valence-corrected chi connectivity index (χ4v) is 2.02. The minimum atomic E-state index is -0.413. The number of rotatable bonds is 1. The number of hydrogen-bond donors (Lipinski definition) is 2. The average molecular weight is 241 g/mol. The van der Waals surface area contributed by atoms with Gasteiger partial charge >= 0.3 is 5.69 Å². The van der Waals surface area contributed by atoms with Crippen molar-refractivity contribution in [3.63, 3.8) is 0 Å². The van der Waals surface area contributed by atoms with Gasteiger partial charge in [-0.15, -0.1) is 0 Å². The highest BCUT2D eigenvalue weighted by atomic mass is 16.1. The van der Waals surface area contributed by atoms with Gasteiger partial charge in [-0.05, 0) is 5.56 Å². The second-order valence-electron chi connectivity index (χ2n) is 3.99. The molecule has 3 N–H and O–H groups in total. The van der Waals surface area contributed by atoms with Crippen LogP contribution in [0.3, 0.4) is 0 Å². The first-order valence-corrected chi connectivity index (χ1v) is 5.45. The van der Waals surface area contributed by atoms with Crippen LogP contribution in [-0.4, -0.2) is 19.7 Å². The number of aromatic amines is 1. The van der Waals surface area contributed by atoms with E-state index in [1.165, 1.54) is 4.68 Å². The van der Waals surface area contributed by atoms with E-state index in [0.717, 1.165) is 5.56 Å². The topological polar surface area (TPSA) is 89.6 Å². The second-order valence-corrected chi connectivity index (χ2v) is 3.99. The molecule has 18 heavy (non-hydrogen) atoms. The quantitative estimate of drug-likeness (QED) is 0.662. The molecule has 3 aromatic rings. The van der Waals surface area contributed by atoms with Crippen LogP contribution in [0.25, 0.3) is 22.3 Å². The molecule has 0 spiro atoms. The van der Waals surface area contributed by atoms with Gasteiger partial charge in [-0.1, -0.05) is 30.3 Å². The highest BCUT2D eigenvalue weighted by molar-refractivity contribution is 5.97. The lowest BCUT2D eigenvalue weighted by atomic mass is 10.1. The van der Waals surface area contributed by atoms with E-state index >= 15 is 0 Å². The Balaban J connectivity index is 2.46. The number of nitrogens with zero attached hydrogens (tertiary/aromatic N) is 3. The fourth-order valence-electron chi connectivity index (χ4n) is 2.02. The first kappa shape index (κ1) is 10.5. The van der Waals surface area contributed by atoms with Crippen molar-refractivity contribution in [2.24, 2.45) is 7.05 Å². The van der Waals surface area contributed by atoms with Gasteiger partial charge in [0.1, 0.15) is 0 Å². The maximum atomic E-state index is 11.6. The smallest absolute Gasteiger partial charge is 0.347 e. The van der Waals surface area contributed by atoms with E-state index in [-0.39, 0.29) is 0 Å². The lowest BCUT2D eigenvalue weighted by Crippen LogP contribution is -2.12. The lowest BCUT2D eigenvalue weighted by Gasteiger charge is -2.03. The van der Waals surface area contributed by atoms with Crippen LogP contribution in [-0.2, 0) is 7.05 Å². The molecule has 0 aliphatic rings. The highest BCUT2D eigenvalue weighted by Gasteiger charge is 2.14. The predicted molar refractivity (Wildman–Crippen MR) is 69.0 cm³/mol. The molecule has 0 aliphatic heterocycles. The van der Waals surface area contributed by atoms with E-state index < -0.39 is 5.69 Å². The summed E-state index contributed by atoms with van der Waals surface area (Å²) in [7, 11) is 1.71. The van der Waals surface area contributed by atoms with E-state index in [1.54, 1.807) is 7.05 Å². The Morgan fingerprint density at radius 2 is 2.00 bits per heavy atom. The molecule has 0 saturated heterocycles. The van der Waals surface area contributed by atoms with Crippen molar-refractivity contribution in [3.8, 4) is 11.3 Å². The van der Waals surface area contributed by atoms with Crippen LogP contribution in [0.15, 0.2) is 35.1 Å². The van der Waals surface area contributed by atoms with Gasteiger partial charge < -0.3 is 10.7 Å². The fraction of sp³-hybridized carbons (Fsp3) is 0.0833. The van der Waals surface area contributed by atoms with Crippen molar-refractivity contribution in [1.29, 1.82) is 0 Å². The zero-order valence-corrected chi connectivity index (χ0v) is 9.71. The van der Waals surface area contributed by atoms with Gasteiger partial charge in [-0.25, -0.2) is 9.48 Å². The number of nitrogens with one attached hydrogen (secondary N) is 1. The van der Waals surface area contributed by atoms with E-state index in [2.05, 4.69) is 15.1 Å². The van der Waals surface area contributed by atoms with Crippen LogP contribution in [0.4, 0.5) is 5.82 Å². The highest BCUT2D eigenvalue weighted by Crippen LogP contribution is 2.27. The average Bonchev–Trinajstić information content (AvgIpc) is 2.65. The number of aromatic nitrogens is 4. The Labute approximate surface area is 102 Å². The largest absolute Gasteiger partial charge is 0.382 e. The van der Waals surface area contributed by atoms with Gasteiger partial charge in [0, 0.05) is 7.05 Å². The summed E-state index contributed by atoms with van der Waals surface area (Å²) in [5.41, 5.74) is 7.47. The van der Waals surface area contributed by atoms with E-state index in [4.69, 9.17) is 5.73 Å². The number of H-pyrrole nitrogens is 1. The maximum absolute atomic E-state index is 11.6. The molecular weight excluding hydrogens is 230 g/mol. The van der Waals surface area contributed by atoms with Crippen molar-refractivity contribution in [3.05, 3.63) is 40.8 Å². The van der Waals surface area contributed by atoms with Crippen molar-refractivity contribution in [2.75, 3.05) is 5.73 Å². The molecule has 2 heterocycles. The number of anilines is 1. The van der Waals surface area contributed by atoms with Gasteiger partial charge in [0.2, 0.25) is 0 Å². The number of nitrogen functional groups attached to an aromatic ring is 1. The maximum Gasteiger partial charge on any atom is 0.347 e. The summed E-state index contributed by atoms with van der Waals surface area (Å²) in [6, 6.07) is 9.50. The Kier molecular flexibility index (Phi) is 2.16. The molecule has 0 atom stereocenters. The van der Waals surface area contributed by atoms with Gasteiger partial charge in [0.25, 0.3) is 0 Å². The SMILES string of the molecule is Cn1nc(N)c2c(-c3ccccc3)[nH]c(=O)nc21. The summed E-state index contributed by atoms with van der Waals surface area (Å²) < 4.78 is 1.51. The zero-order chi connectivity index (χ0) is 12.7. The molecule has 0 bridgehead atoms. The van der Waals surface area contributed by atoms with Crippen molar-refractivity contribution < 1.29 is 0 Å². The molecule has 1 aromatic carbocycles. The predicted octanol–water partition coefficient (Wildman–Crippen LogP) is 0.906. The van der Waals surface area contributed by atoms with Crippen molar-refractivity contribution >= 4 is 16.9 Å². The number of nitrogens with two attached hydrogens (primary N) is 1. The summed E-state index contributed by atoms with van der Waals surface area (Å²) in [6.07, 6.45) is 0. The summed E-state index contributed by atoms with van der Waals surface area (Å²) in [5, 5.41) is 4.76. The third-order valence-electron chi connectivity index (χ3n) is 2.80. The van der Waals surface area contributed by atoms with E-state index in [0.29, 0.717) is 22.5 Å². The molecule has 90 valence electrons. The molecular formula is C12H11N5O. The van der Waals surface area contributed by atoms with Crippen molar-refractivity contribution in [1.82, 2.24) is 19.7 Å². The standard InChI is InChI=1S/C12H11N5O/c1-17-11-8(10(13)16-17)9(14-12(18)15-11)7-5-3-2-4-6-7/h2-6H,1H3,(H2,13,16)(H,14,15,18). The van der Waals surface area contributed by atoms with Gasteiger partial charge in [0.05, 0.1) is 11.1 Å². The Hall–Kier alpha value is -2.63. The zero-order valence-electron chi connectivity index (χ0n) is 9.71. The number of benzene rings is 1. The minimum absolute atomic E-state index is 0.357. The van der Waals surface area contributed by atoms with Gasteiger partial charge in [-0.3, -0.25) is 0 Å². The molecule has 0 fully saturated rings. The molecule has 0 amide bonds. The molecule has 3 rings (SSSR count). The number of fused-ring (bicyclic) bond motifs is 1. The summed E-state index contributed by atoms with van der Waals surface area (Å²) in [4.78, 5) is 18.2. The lowest BCUT2D eigenvalue weighted by molar-refractivity contribution is 0.787. The van der Waals surface area contributed by atoms with E-state index in [1.807, 2.05) is 30.3 Å². The van der Waals surface area contributed by atoms with Crippen LogP contribution in [0, 0.1) is 0 Å². The van der Waals surface area contributed by atoms with Crippen LogP contribution < -0.4 is 11.4 Å². The Morgan fingerprint density at radius 3 is 2.72 bits per heavy atom. The minimum Gasteiger partial charge on any atom is -0.382 e. The van der Waals surface area contributed by atoms with E-state index in [9.17, 15) is 4.79 Å². The first-order chi connectivity index (χ1) is 8.66.